The van der Waals surface area contributed by atoms with Gasteiger partial charge in [0.15, 0.2) is 0 Å². The van der Waals surface area contributed by atoms with E-state index in [2.05, 4.69) is 44.1 Å². The van der Waals surface area contributed by atoms with Gasteiger partial charge in [-0.15, -0.1) is 0 Å². The summed E-state index contributed by atoms with van der Waals surface area (Å²) in [6.45, 7) is 2.25. The van der Waals surface area contributed by atoms with Crippen LogP contribution in [0.5, 0.6) is 5.75 Å². The predicted molar refractivity (Wildman–Crippen MR) is 64.5 cm³/mol. The monoisotopic (exact) mass is 207 g/mol. The quantitative estimate of drug-likeness (QED) is 0.736. The summed E-state index contributed by atoms with van der Waals surface area (Å²) in [7, 11) is 5.95. The van der Waals surface area contributed by atoms with Gasteiger partial charge >= 0.3 is 0 Å². The van der Waals surface area contributed by atoms with E-state index < -0.39 is 0 Å². The Morgan fingerprint density at radius 3 is 2.67 bits per heavy atom. The maximum atomic E-state index is 5.20. The first-order valence-electron chi connectivity index (χ1n) is 5.43. The number of methoxy groups -OCH3 is 1. The van der Waals surface area contributed by atoms with Crippen molar-refractivity contribution >= 4 is 0 Å². The van der Waals surface area contributed by atoms with Crippen LogP contribution in [-0.2, 0) is 6.42 Å². The Labute approximate surface area is 92.9 Å². The Balaban J connectivity index is 2.50. The highest BCUT2D eigenvalue weighted by molar-refractivity contribution is 5.28. The smallest absolute Gasteiger partial charge is 0.119 e. The molecule has 1 atom stereocenters. The second-order valence-corrected chi connectivity index (χ2v) is 4.20. The molecule has 0 aliphatic rings. The maximum Gasteiger partial charge on any atom is 0.119 e. The highest BCUT2D eigenvalue weighted by Gasteiger charge is 2.04. The number of aryl methyl sites for hydroxylation is 1. The first kappa shape index (κ1) is 12.1. The molecule has 0 N–H and O–H groups in total. The van der Waals surface area contributed by atoms with Crippen LogP contribution < -0.4 is 4.74 Å². The van der Waals surface area contributed by atoms with E-state index in [1.54, 1.807) is 7.11 Å². The fourth-order valence-corrected chi connectivity index (χ4v) is 1.46. The Bertz CT molecular complexity index is 296. The first-order chi connectivity index (χ1) is 7.13. The number of hydrogen-bond acceptors (Lipinski definition) is 2. The van der Waals surface area contributed by atoms with E-state index in [4.69, 9.17) is 4.74 Å². The average Bonchev–Trinajstić information content (AvgIpc) is 2.26. The van der Waals surface area contributed by atoms with Crippen molar-refractivity contribution in [3.63, 3.8) is 0 Å². The summed E-state index contributed by atoms with van der Waals surface area (Å²) >= 11 is 0. The van der Waals surface area contributed by atoms with Gasteiger partial charge in [0.2, 0.25) is 0 Å². The summed E-state index contributed by atoms with van der Waals surface area (Å²) in [5, 5.41) is 0. The third kappa shape index (κ3) is 3.92. The molecule has 1 aromatic carbocycles. The molecule has 0 heterocycles. The maximum absolute atomic E-state index is 5.20. The van der Waals surface area contributed by atoms with Gasteiger partial charge in [-0.3, -0.25) is 0 Å². The molecule has 15 heavy (non-hydrogen) atoms. The summed E-state index contributed by atoms with van der Waals surface area (Å²) in [6.07, 6.45) is 2.29. The van der Waals surface area contributed by atoms with Crippen LogP contribution in [0.2, 0.25) is 0 Å². The first-order valence-corrected chi connectivity index (χ1v) is 5.43. The van der Waals surface area contributed by atoms with Crippen LogP contribution in [-0.4, -0.2) is 32.1 Å². The predicted octanol–water partition coefficient (Wildman–Crippen LogP) is 2.58. The van der Waals surface area contributed by atoms with Crippen molar-refractivity contribution in [1.82, 2.24) is 4.90 Å². The van der Waals surface area contributed by atoms with E-state index in [1.165, 1.54) is 12.0 Å². The molecule has 84 valence electrons. The molecule has 0 saturated carbocycles. The normalized spacial score (nSPS) is 12.9. The highest BCUT2D eigenvalue weighted by Crippen LogP contribution is 2.15. The van der Waals surface area contributed by atoms with Gasteiger partial charge in [0.25, 0.3) is 0 Å². The van der Waals surface area contributed by atoms with Gasteiger partial charge in [0.05, 0.1) is 7.11 Å². The minimum absolute atomic E-state index is 0.621. The van der Waals surface area contributed by atoms with Gasteiger partial charge in [0, 0.05) is 6.04 Å². The topological polar surface area (TPSA) is 12.5 Å². The van der Waals surface area contributed by atoms with Crippen molar-refractivity contribution in [3.05, 3.63) is 29.8 Å². The summed E-state index contributed by atoms with van der Waals surface area (Å²) in [5.41, 5.74) is 1.35. The van der Waals surface area contributed by atoms with E-state index in [-0.39, 0.29) is 0 Å². The molecule has 0 fully saturated rings. The van der Waals surface area contributed by atoms with Gasteiger partial charge in [0.1, 0.15) is 5.75 Å². The van der Waals surface area contributed by atoms with Gasteiger partial charge in [-0.2, -0.15) is 0 Å². The zero-order valence-corrected chi connectivity index (χ0v) is 10.2. The summed E-state index contributed by atoms with van der Waals surface area (Å²) in [5.74, 6) is 0.949. The lowest BCUT2D eigenvalue weighted by Gasteiger charge is -2.19. The molecule has 1 unspecified atom stereocenters. The Kier molecular flexibility index (Phi) is 4.63. The molecule has 2 nitrogen and oxygen atoms in total. The summed E-state index contributed by atoms with van der Waals surface area (Å²) in [6, 6.07) is 8.93. The van der Waals surface area contributed by atoms with Crippen LogP contribution in [0.4, 0.5) is 0 Å². The number of hydrogen-bond donors (Lipinski definition) is 0. The second kappa shape index (κ2) is 5.76. The van der Waals surface area contributed by atoms with Crippen LogP contribution in [0.3, 0.4) is 0 Å². The van der Waals surface area contributed by atoms with Crippen molar-refractivity contribution in [3.8, 4) is 5.75 Å². The van der Waals surface area contributed by atoms with Gasteiger partial charge in [-0.1, -0.05) is 12.1 Å². The number of nitrogens with zero attached hydrogens (tertiary/aromatic N) is 1. The van der Waals surface area contributed by atoms with Crippen LogP contribution in [0, 0.1) is 0 Å². The van der Waals surface area contributed by atoms with Crippen LogP contribution in [0.25, 0.3) is 0 Å². The third-order valence-electron chi connectivity index (χ3n) is 2.87. The number of rotatable bonds is 5. The minimum atomic E-state index is 0.621. The molecule has 0 amide bonds. The zero-order valence-electron chi connectivity index (χ0n) is 10.2. The lowest BCUT2D eigenvalue weighted by molar-refractivity contribution is 0.299. The van der Waals surface area contributed by atoms with Crippen molar-refractivity contribution in [2.45, 2.75) is 25.8 Å². The molecular weight excluding hydrogens is 186 g/mol. The SMILES string of the molecule is COc1cccc(CCC(C)N(C)C)c1. The number of ether oxygens (including phenoxy) is 1. The molecule has 0 aliphatic carbocycles. The van der Waals surface area contributed by atoms with E-state index in [0.717, 1.165) is 12.2 Å². The standard InChI is InChI=1S/C13H21NO/c1-11(14(2)3)8-9-12-6-5-7-13(10-12)15-4/h5-7,10-11H,8-9H2,1-4H3. The number of benzene rings is 1. The van der Waals surface area contributed by atoms with Crippen molar-refractivity contribution in [2.75, 3.05) is 21.2 Å². The Morgan fingerprint density at radius 2 is 2.07 bits per heavy atom. The second-order valence-electron chi connectivity index (χ2n) is 4.20. The lowest BCUT2D eigenvalue weighted by atomic mass is 10.1. The van der Waals surface area contributed by atoms with Crippen molar-refractivity contribution in [1.29, 1.82) is 0 Å². The van der Waals surface area contributed by atoms with Crippen LogP contribution in [0.1, 0.15) is 18.9 Å². The van der Waals surface area contributed by atoms with E-state index in [1.807, 2.05) is 6.07 Å². The summed E-state index contributed by atoms with van der Waals surface area (Å²) < 4.78 is 5.20. The van der Waals surface area contributed by atoms with Gasteiger partial charge in [-0.05, 0) is 51.6 Å². The van der Waals surface area contributed by atoms with Crippen molar-refractivity contribution < 1.29 is 4.74 Å². The summed E-state index contributed by atoms with van der Waals surface area (Å²) in [4.78, 5) is 2.25. The fourth-order valence-electron chi connectivity index (χ4n) is 1.46. The molecule has 1 rings (SSSR count). The molecule has 0 saturated heterocycles. The molecule has 2 heteroatoms. The Morgan fingerprint density at radius 1 is 1.33 bits per heavy atom. The van der Waals surface area contributed by atoms with E-state index in [0.29, 0.717) is 6.04 Å². The molecular formula is C13H21NO. The van der Waals surface area contributed by atoms with E-state index >= 15 is 0 Å². The minimum Gasteiger partial charge on any atom is -0.497 e. The largest absolute Gasteiger partial charge is 0.497 e. The van der Waals surface area contributed by atoms with Crippen molar-refractivity contribution in [2.24, 2.45) is 0 Å². The van der Waals surface area contributed by atoms with Gasteiger partial charge < -0.3 is 9.64 Å². The van der Waals surface area contributed by atoms with Crippen LogP contribution >= 0.6 is 0 Å². The molecule has 1 aromatic rings. The Hall–Kier alpha value is -1.02. The third-order valence-corrected chi connectivity index (χ3v) is 2.87. The molecule has 0 bridgehead atoms. The average molecular weight is 207 g/mol. The molecule has 0 spiro atoms. The van der Waals surface area contributed by atoms with Gasteiger partial charge in [-0.25, -0.2) is 0 Å². The fraction of sp³-hybridized carbons (Fsp3) is 0.538. The highest BCUT2D eigenvalue weighted by atomic mass is 16.5. The zero-order chi connectivity index (χ0) is 11.3. The molecule has 0 aliphatic heterocycles. The molecule has 0 radical (unpaired) electrons. The lowest BCUT2D eigenvalue weighted by Crippen LogP contribution is -2.24. The molecule has 0 aromatic heterocycles. The van der Waals surface area contributed by atoms with E-state index in [9.17, 15) is 0 Å². The van der Waals surface area contributed by atoms with Crippen LogP contribution in [0.15, 0.2) is 24.3 Å².